The Morgan fingerprint density at radius 3 is 2.71 bits per heavy atom. The first-order valence-corrected chi connectivity index (χ1v) is 8.00. The summed E-state index contributed by atoms with van der Waals surface area (Å²) in [5.41, 5.74) is 3.60. The lowest BCUT2D eigenvalue weighted by molar-refractivity contribution is -0.540. The molecular weight excluding hydrogens is 306 g/mol. The lowest BCUT2D eigenvalue weighted by Gasteiger charge is -2.15. The molecule has 0 atom stereocenters. The van der Waals surface area contributed by atoms with Crippen molar-refractivity contribution in [1.82, 2.24) is 0 Å². The van der Waals surface area contributed by atoms with Gasteiger partial charge in [0, 0.05) is 12.0 Å². The Bertz CT molecular complexity index is 813. The first-order chi connectivity index (χ1) is 11.8. The molecule has 5 nitrogen and oxygen atoms in total. The molecule has 0 spiro atoms. The Morgan fingerprint density at radius 1 is 1.08 bits per heavy atom. The second-order valence-electron chi connectivity index (χ2n) is 5.91. The third kappa shape index (κ3) is 2.56. The number of rotatable bonds is 4. The van der Waals surface area contributed by atoms with E-state index in [0.717, 1.165) is 48.1 Å². The summed E-state index contributed by atoms with van der Waals surface area (Å²) in [6, 6.07) is 10.1. The van der Waals surface area contributed by atoms with Crippen molar-refractivity contribution in [2.24, 2.45) is 0 Å². The molecule has 0 aliphatic carbocycles. The molecule has 0 amide bonds. The van der Waals surface area contributed by atoms with E-state index in [-0.39, 0.29) is 0 Å². The van der Waals surface area contributed by atoms with Crippen LogP contribution in [0.4, 0.5) is 0 Å². The quantitative estimate of drug-likeness (QED) is 0.810. The normalized spacial score (nSPS) is 14.8. The van der Waals surface area contributed by atoms with Crippen molar-refractivity contribution in [3.63, 3.8) is 0 Å². The van der Waals surface area contributed by atoms with E-state index in [0.29, 0.717) is 6.79 Å². The van der Waals surface area contributed by atoms with Crippen LogP contribution in [0.1, 0.15) is 16.7 Å². The summed E-state index contributed by atoms with van der Waals surface area (Å²) in [6.07, 6.45) is 3.16. The first-order valence-electron chi connectivity index (χ1n) is 8.00. The molecule has 2 aliphatic rings. The molecule has 124 valence electrons. The van der Waals surface area contributed by atoms with Crippen LogP contribution in [0, 0.1) is 0 Å². The van der Waals surface area contributed by atoms with Gasteiger partial charge in [0.1, 0.15) is 6.54 Å². The molecule has 0 saturated carbocycles. The molecule has 0 saturated heterocycles. The summed E-state index contributed by atoms with van der Waals surface area (Å²) in [7, 11) is 3.34. The Balaban J connectivity index is 1.65. The van der Waals surface area contributed by atoms with Crippen molar-refractivity contribution in [2.75, 3.05) is 27.6 Å². The van der Waals surface area contributed by atoms with Gasteiger partial charge in [0.2, 0.25) is 6.79 Å². The summed E-state index contributed by atoms with van der Waals surface area (Å²) >= 11 is 0. The smallest absolute Gasteiger partial charge is 0.231 e. The van der Waals surface area contributed by atoms with E-state index in [9.17, 15) is 0 Å². The van der Waals surface area contributed by atoms with Crippen LogP contribution < -0.4 is 18.9 Å². The van der Waals surface area contributed by atoms with Gasteiger partial charge < -0.3 is 18.9 Å². The van der Waals surface area contributed by atoms with Crippen LogP contribution in [-0.4, -0.2) is 38.3 Å². The Morgan fingerprint density at radius 2 is 1.92 bits per heavy atom. The highest BCUT2D eigenvalue weighted by Crippen LogP contribution is 2.36. The lowest BCUT2D eigenvalue weighted by Crippen LogP contribution is -2.22. The fraction of sp³-hybridized carbons (Fsp3) is 0.316. The molecule has 0 aromatic heterocycles. The number of methoxy groups -OCH3 is 2. The maximum absolute atomic E-state index is 5.54. The SMILES string of the molecule is COc1cccc(C[N+]2=Cc3cc4c(cc3CC2)OCO4)c1OC. The number of hydrogen-bond donors (Lipinski definition) is 0. The third-order valence-corrected chi connectivity index (χ3v) is 4.48. The van der Waals surface area contributed by atoms with Gasteiger partial charge in [-0.15, -0.1) is 0 Å². The average molecular weight is 326 g/mol. The van der Waals surface area contributed by atoms with E-state index in [1.807, 2.05) is 12.1 Å². The van der Waals surface area contributed by atoms with Gasteiger partial charge in [-0.25, -0.2) is 4.58 Å². The first kappa shape index (κ1) is 14.9. The Kier molecular flexibility index (Phi) is 3.76. The van der Waals surface area contributed by atoms with Crippen molar-refractivity contribution in [1.29, 1.82) is 0 Å². The van der Waals surface area contributed by atoms with Crippen molar-refractivity contribution < 1.29 is 23.5 Å². The Labute approximate surface area is 141 Å². The summed E-state index contributed by atoms with van der Waals surface area (Å²) in [5.74, 6) is 3.23. The number of hydrogen-bond acceptors (Lipinski definition) is 4. The molecule has 0 radical (unpaired) electrons. The predicted octanol–water partition coefficient (Wildman–Crippen LogP) is 2.62. The monoisotopic (exact) mass is 326 g/mol. The van der Waals surface area contributed by atoms with Gasteiger partial charge in [-0.1, -0.05) is 6.07 Å². The van der Waals surface area contributed by atoms with Gasteiger partial charge >= 0.3 is 0 Å². The van der Waals surface area contributed by atoms with E-state index >= 15 is 0 Å². The minimum atomic E-state index is 0.308. The zero-order valence-electron chi connectivity index (χ0n) is 13.9. The van der Waals surface area contributed by atoms with Crippen molar-refractivity contribution in [2.45, 2.75) is 13.0 Å². The van der Waals surface area contributed by atoms with Crippen LogP contribution in [0.3, 0.4) is 0 Å². The molecule has 2 aromatic carbocycles. The van der Waals surface area contributed by atoms with Crippen molar-refractivity contribution >= 4 is 6.21 Å². The molecule has 2 aromatic rings. The summed E-state index contributed by atoms with van der Waals surface area (Å²) in [5, 5.41) is 0. The van der Waals surface area contributed by atoms with E-state index in [1.165, 1.54) is 11.1 Å². The largest absolute Gasteiger partial charge is 0.493 e. The molecule has 0 fully saturated rings. The lowest BCUT2D eigenvalue weighted by atomic mass is 10.0. The van der Waals surface area contributed by atoms with Crippen LogP contribution in [-0.2, 0) is 13.0 Å². The number of para-hydroxylation sites is 1. The number of fused-ring (bicyclic) bond motifs is 2. The van der Waals surface area contributed by atoms with Gasteiger partial charge in [-0.05, 0) is 29.8 Å². The second-order valence-corrected chi connectivity index (χ2v) is 5.91. The van der Waals surface area contributed by atoms with E-state index in [4.69, 9.17) is 18.9 Å². The standard InChI is InChI=1S/C19H20NO4/c1-21-16-5-3-4-14(19(16)22-2)10-20-7-6-13-8-17-18(24-12-23-17)9-15(13)11-20/h3-5,8-9,11H,6-7,10,12H2,1-2H3/q+1. The van der Waals surface area contributed by atoms with Crippen LogP contribution >= 0.6 is 0 Å². The topological polar surface area (TPSA) is 39.9 Å². The van der Waals surface area contributed by atoms with Gasteiger partial charge in [0.25, 0.3) is 0 Å². The maximum Gasteiger partial charge on any atom is 0.231 e. The minimum absolute atomic E-state index is 0.308. The number of benzene rings is 2. The highest BCUT2D eigenvalue weighted by Gasteiger charge is 2.23. The van der Waals surface area contributed by atoms with Gasteiger partial charge in [0.15, 0.2) is 35.8 Å². The van der Waals surface area contributed by atoms with E-state index in [1.54, 1.807) is 14.2 Å². The number of ether oxygens (including phenoxy) is 4. The van der Waals surface area contributed by atoms with Crippen LogP contribution in [0.5, 0.6) is 23.0 Å². The van der Waals surface area contributed by atoms with Crippen LogP contribution in [0.2, 0.25) is 0 Å². The predicted molar refractivity (Wildman–Crippen MR) is 89.8 cm³/mol. The zero-order valence-corrected chi connectivity index (χ0v) is 13.9. The second kappa shape index (κ2) is 6.07. The minimum Gasteiger partial charge on any atom is -0.493 e. The average Bonchev–Trinajstić information content (AvgIpc) is 3.06. The highest BCUT2D eigenvalue weighted by molar-refractivity contribution is 5.80. The van der Waals surface area contributed by atoms with E-state index < -0.39 is 0 Å². The third-order valence-electron chi connectivity index (χ3n) is 4.48. The molecular formula is C19H20NO4+. The number of nitrogens with zero attached hydrogens (tertiary/aromatic N) is 1. The maximum atomic E-state index is 5.54. The summed E-state index contributed by atoms with van der Waals surface area (Å²) in [6.45, 7) is 2.03. The highest BCUT2D eigenvalue weighted by atomic mass is 16.7. The molecule has 0 unspecified atom stereocenters. The molecule has 5 heteroatoms. The van der Waals surface area contributed by atoms with E-state index in [2.05, 4.69) is 29.0 Å². The molecule has 0 N–H and O–H groups in total. The fourth-order valence-corrected chi connectivity index (χ4v) is 3.28. The molecule has 0 bridgehead atoms. The molecule has 2 aliphatic heterocycles. The zero-order chi connectivity index (χ0) is 16.5. The van der Waals surface area contributed by atoms with Gasteiger partial charge in [-0.3, -0.25) is 0 Å². The van der Waals surface area contributed by atoms with Crippen LogP contribution in [0.25, 0.3) is 0 Å². The molecule has 24 heavy (non-hydrogen) atoms. The summed E-state index contributed by atoms with van der Waals surface area (Å²) in [4.78, 5) is 0. The van der Waals surface area contributed by atoms with Crippen LogP contribution in [0.15, 0.2) is 30.3 Å². The molecule has 4 rings (SSSR count). The van der Waals surface area contributed by atoms with Crippen molar-refractivity contribution in [3.05, 3.63) is 47.0 Å². The Hall–Kier alpha value is -2.69. The fourth-order valence-electron chi connectivity index (χ4n) is 3.28. The molecule has 2 heterocycles. The van der Waals surface area contributed by atoms with Gasteiger partial charge in [-0.2, -0.15) is 0 Å². The van der Waals surface area contributed by atoms with Gasteiger partial charge in [0.05, 0.1) is 19.8 Å². The van der Waals surface area contributed by atoms with Crippen molar-refractivity contribution in [3.8, 4) is 23.0 Å². The summed E-state index contributed by atoms with van der Waals surface area (Å²) < 4.78 is 24.2.